The second-order valence-electron chi connectivity index (χ2n) is 11.0. The molecule has 0 bridgehead atoms. The third-order valence-corrected chi connectivity index (χ3v) is 5.97. The Balaban J connectivity index is 1.71. The average molecular weight is 514 g/mol. The molecule has 198 valence electrons. The van der Waals surface area contributed by atoms with Crippen molar-refractivity contribution in [3.8, 4) is 11.4 Å². The van der Waals surface area contributed by atoms with Crippen LogP contribution in [0, 0.1) is 12.8 Å². The maximum absolute atomic E-state index is 13.9. The van der Waals surface area contributed by atoms with Gasteiger partial charge in [0.2, 0.25) is 11.7 Å². The van der Waals surface area contributed by atoms with Gasteiger partial charge in [-0.25, -0.2) is 0 Å². The molecule has 0 aliphatic rings. The Kier molecular flexibility index (Phi) is 7.85. The number of hydrogen-bond donors (Lipinski definition) is 1. The number of nitrogens with one attached hydrogen (secondary N) is 1. The molecule has 0 aliphatic heterocycles. The zero-order valence-electron chi connectivity index (χ0n) is 22.8. The van der Waals surface area contributed by atoms with Gasteiger partial charge in [0.15, 0.2) is 0 Å². The Morgan fingerprint density at radius 2 is 1.76 bits per heavy atom. The van der Waals surface area contributed by atoms with Gasteiger partial charge in [-0.3, -0.25) is 19.5 Å². The summed E-state index contributed by atoms with van der Waals surface area (Å²) in [6.07, 6.45) is 2.12. The van der Waals surface area contributed by atoms with Crippen LogP contribution in [0.5, 0.6) is 0 Å². The van der Waals surface area contributed by atoms with E-state index < -0.39 is 11.6 Å². The molecule has 4 rings (SSSR count). The fraction of sp³-hybridized carbons (Fsp3) is 0.379. The SMILES string of the molecule is Cc1ccc(-c2nnn(CC(=O)N(c3cnc4ccccc4c3)[C@@H](CC(C)C)C(=O)NC(C)(C)C)n2)cc1. The van der Waals surface area contributed by atoms with Gasteiger partial charge in [-0.2, -0.15) is 4.80 Å². The van der Waals surface area contributed by atoms with E-state index in [1.807, 2.05) is 96.1 Å². The predicted molar refractivity (Wildman–Crippen MR) is 148 cm³/mol. The number of aromatic nitrogens is 5. The van der Waals surface area contributed by atoms with Gasteiger partial charge in [0.1, 0.15) is 12.6 Å². The highest BCUT2D eigenvalue weighted by Crippen LogP contribution is 2.26. The predicted octanol–water partition coefficient (Wildman–Crippen LogP) is 4.56. The van der Waals surface area contributed by atoms with E-state index in [1.165, 1.54) is 9.70 Å². The summed E-state index contributed by atoms with van der Waals surface area (Å²) in [7, 11) is 0. The molecule has 0 unspecified atom stereocenters. The molecule has 1 atom stereocenters. The fourth-order valence-electron chi connectivity index (χ4n) is 4.24. The highest BCUT2D eigenvalue weighted by molar-refractivity contribution is 6.01. The molecule has 1 N–H and O–H groups in total. The number of amides is 2. The van der Waals surface area contributed by atoms with Gasteiger partial charge in [-0.05, 0) is 57.4 Å². The lowest BCUT2D eigenvalue weighted by Crippen LogP contribution is -2.55. The summed E-state index contributed by atoms with van der Waals surface area (Å²) >= 11 is 0. The summed E-state index contributed by atoms with van der Waals surface area (Å²) in [6.45, 7) is 11.7. The van der Waals surface area contributed by atoms with Crippen molar-refractivity contribution in [2.75, 3.05) is 4.90 Å². The minimum absolute atomic E-state index is 0.159. The summed E-state index contributed by atoms with van der Waals surface area (Å²) in [5.41, 5.74) is 2.83. The highest BCUT2D eigenvalue weighted by Gasteiger charge is 2.34. The Labute approximate surface area is 223 Å². The van der Waals surface area contributed by atoms with Crippen molar-refractivity contribution in [3.05, 3.63) is 66.4 Å². The Hall–Kier alpha value is -4.14. The number of hydrogen-bond acceptors (Lipinski definition) is 6. The maximum atomic E-state index is 13.9. The van der Waals surface area contributed by atoms with Crippen molar-refractivity contribution in [1.82, 2.24) is 30.5 Å². The van der Waals surface area contributed by atoms with Gasteiger partial charge in [0.05, 0.1) is 17.4 Å². The molecule has 2 heterocycles. The van der Waals surface area contributed by atoms with Gasteiger partial charge >= 0.3 is 0 Å². The zero-order chi connectivity index (χ0) is 27.4. The zero-order valence-corrected chi connectivity index (χ0v) is 22.8. The van der Waals surface area contributed by atoms with Crippen LogP contribution in [-0.4, -0.2) is 48.6 Å². The van der Waals surface area contributed by atoms with E-state index in [1.54, 1.807) is 6.20 Å². The minimum atomic E-state index is -0.746. The van der Waals surface area contributed by atoms with E-state index in [4.69, 9.17) is 0 Å². The van der Waals surface area contributed by atoms with Crippen molar-refractivity contribution in [2.24, 2.45) is 5.92 Å². The first-order valence-electron chi connectivity index (χ1n) is 12.8. The largest absolute Gasteiger partial charge is 0.350 e. The van der Waals surface area contributed by atoms with Gasteiger partial charge < -0.3 is 5.32 Å². The topological polar surface area (TPSA) is 106 Å². The van der Waals surface area contributed by atoms with Crippen LogP contribution in [0.1, 0.15) is 46.6 Å². The molecule has 0 fully saturated rings. The van der Waals surface area contributed by atoms with Gasteiger partial charge in [0.25, 0.3) is 5.91 Å². The third-order valence-electron chi connectivity index (χ3n) is 5.97. The first-order valence-corrected chi connectivity index (χ1v) is 12.8. The molecule has 2 aromatic heterocycles. The van der Waals surface area contributed by atoms with E-state index in [2.05, 4.69) is 25.7 Å². The second-order valence-corrected chi connectivity index (χ2v) is 11.0. The van der Waals surface area contributed by atoms with Crippen molar-refractivity contribution in [2.45, 2.75) is 66.1 Å². The Morgan fingerprint density at radius 1 is 1.05 bits per heavy atom. The summed E-state index contributed by atoms with van der Waals surface area (Å²) < 4.78 is 0. The number of rotatable bonds is 8. The van der Waals surface area contributed by atoms with Gasteiger partial charge in [-0.15, -0.1) is 10.2 Å². The van der Waals surface area contributed by atoms with Crippen LogP contribution in [0.2, 0.25) is 0 Å². The average Bonchev–Trinajstić information content (AvgIpc) is 3.31. The lowest BCUT2D eigenvalue weighted by atomic mass is 9.99. The number of para-hydroxylation sites is 1. The molecule has 0 spiro atoms. The number of nitrogens with zero attached hydrogens (tertiary/aromatic N) is 6. The molecule has 2 aromatic carbocycles. The maximum Gasteiger partial charge on any atom is 0.251 e. The van der Waals surface area contributed by atoms with Crippen molar-refractivity contribution < 1.29 is 9.59 Å². The standard InChI is InChI=1S/C29H35N7O2/c1-19(2)15-25(28(38)31-29(4,5)6)36(23-16-22-9-7-8-10-24(22)30-17-23)26(37)18-35-33-27(32-34-35)21-13-11-20(3)12-14-21/h7-14,16-17,19,25H,15,18H2,1-6H3,(H,31,38)/t25-/m0/s1. The van der Waals surface area contributed by atoms with Crippen LogP contribution >= 0.6 is 0 Å². The van der Waals surface area contributed by atoms with E-state index >= 15 is 0 Å². The van der Waals surface area contributed by atoms with E-state index in [0.29, 0.717) is 17.9 Å². The molecule has 0 saturated heterocycles. The summed E-state index contributed by atoms with van der Waals surface area (Å²) in [6, 6.07) is 16.6. The van der Waals surface area contributed by atoms with Crippen LogP contribution < -0.4 is 10.2 Å². The number of carbonyl (C=O) groups is 2. The molecular formula is C29H35N7O2. The normalized spacial score (nSPS) is 12.5. The first-order chi connectivity index (χ1) is 18.0. The number of pyridine rings is 1. The number of carbonyl (C=O) groups excluding carboxylic acids is 2. The second kappa shape index (κ2) is 11.1. The van der Waals surface area contributed by atoms with Crippen molar-refractivity contribution >= 4 is 28.4 Å². The van der Waals surface area contributed by atoms with E-state index in [9.17, 15) is 9.59 Å². The lowest BCUT2D eigenvalue weighted by molar-refractivity contribution is -0.128. The van der Waals surface area contributed by atoms with Crippen LogP contribution in [0.3, 0.4) is 0 Å². The van der Waals surface area contributed by atoms with Crippen molar-refractivity contribution in [3.63, 3.8) is 0 Å². The molecule has 0 saturated carbocycles. The number of anilines is 1. The molecule has 0 radical (unpaired) electrons. The summed E-state index contributed by atoms with van der Waals surface area (Å²) in [4.78, 5) is 34.9. The third kappa shape index (κ3) is 6.59. The summed E-state index contributed by atoms with van der Waals surface area (Å²) in [5.74, 6) is 0.0391. The molecule has 4 aromatic rings. The van der Waals surface area contributed by atoms with E-state index in [0.717, 1.165) is 22.0 Å². The first kappa shape index (κ1) is 26.9. The van der Waals surface area contributed by atoms with Crippen LogP contribution in [0.15, 0.2) is 60.8 Å². The molecule has 9 heteroatoms. The monoisotopic (exact) mass is 513 g/mol. The molecule has 38 heavy (non-hydrogen) atoms. The van der Waals surface area contributed by atoms with Crippen LogP contribution in [0.4, 0.5) is 5.69 Å². The van der Waals surface area contributed by atoms with Crippen molar-refractivity contribution in [1.29, 1.82) is 0 Å². The Morgan fingerprint density at radius 3 is 2.45 bits per heavy atom. The summed E-state index contributed by atoms with van der Waals surface area (Å²) in [5, 5.41) is 16.6. The molecule has 9 nitrogen and oxygen atoms in total. The number of benzene rings is 2. The number of fused-ring (bicyclic) bond motifs is 1. The quantitative estimate of drug-likeness (QED) is 0.370. The number of tetrazole rings is 1. The van der Waals surface area contributed by atoms with Gasteiger partial charge in [-0.1, -0.05) is 61.9 Å². The van der Waals surface area contributed by atoms with E-state index in [-0.39, 0.29) is 24.3 Å². The highest BCUT2D eigenvalue weighted by atomic mass is 16.2. The number of aryl methyl sites for hydroxylation is 1. The molecule has 0 aliphatic carbocycles. The fourth-order valence-corrected chi connectivity index (χ4v) is 4.24. The van der Waals surface area contributed by atoms with Crippen LogP contribution in [-0.2, 0) is 16.1 Å². The van der Waals surface area contributed by atoms with Crippen LogP contribution in [0.25, 0.3) is 22.3 Å². The molecular weight excluding hydrogens is 478 g/mol. The lowest BCUT2D eigenvalue weighted by Gasteiger charge is -2.34. The molecule has 2 amide bonds. The smallest absolute Gasteiger partial charge is 0.251 e. The van der Waals surface area contributed by atoms with Gasteiger partial charge in [0, 0.05) is 16.5 Å². The Bertz CT molecular complexity index is 1420. The minimum Gasteiger partial charge on any atom is -0.350 e.